The molecule has 0 unspecified atom stereocenters. The Kier molecular flexibility index (Phi) is 54.5. The molecule has 0 spiro atoms. The Morgan fingerprint density at radius 2 is 0.218 bits per heavy atom. The number of hydrogen-bond donors (Lipinski definition) is 0. The molecular weight excluding hydrogens is 1200 g/mol. The summed E-state index contributed by atoms with van der Waals surface area (Å²) in [4.78, 5) is 0. The van der Waals surface area contributed by atoms with Gasteiger partial charge in [0.2, 0.25) is 0 Å². The average molecular weight is 1360 g/mol. The van der Waals surface area contributed by atoms with E-state index in [1.807, 2.05) is 0 Å². The third kappa shape index (κ3) is 35.9. The van der Waals surface area contributed by atoms with Gasteiger partial charge in [-0.1, -0.05) is 356 Å². The molecule has 0 saturated carbocycles. The van der Waals surface area contributed by atoms with Gasteiger partial charge >= 0.3 is 51.4 Å². The van der Waals surface area contributed by atoms with Crippen molar-refractivity contribution in [3.05, 3.63) is 0 Å². The number of rotatable bonds is 68. The molecule has 15 heteroatoms. The van der Waals surface area contributed by atoms with E-state index in [-0.39, 0.29) is 0 Å². The van der Waals surface area contributed by atoms with Crippen molar-refractivity contribution < 1.29 is 28.8 Å². The monoisotopic (exact) mass is 1360 g/mol. The third-order valence-electron chi connectivity index (χ3n) is 19.5. The lowest BCUT2D eigenvalue weighted by Crippen LogP contribution is -2.67. The van der Waals surface area contributed by atoms with Gasteiger partial charge in [0.15, 0.2) is 16.6 Å². The van der Waals surface area contributed by atoms with Gasteiger partial charge in [0.05, 0.1) is 0 Å². The second-order valence-corrected chi connectivity index (χ2v) is 58.8. The summed E-state index contributed by atoms with van der Waals surface area (Å²) in [6, 6.07) is 20.7. The van der Waals surface area contributed by atoms with Crippen LogP contribution in [0.15, 0.2) is 0 Å². The molecule has 0 heterocycles. The third-order valence-corrected chi connectivity index (χ3v) is 61.8. The van der Waals surface area contributed by atoms with Crippen molar-refractivity contribution in [1.29, 1.82) is 0 Å². The van der Waals surface area contributed by atoms with E-state index < -0.39 is 68.0 Å². The highest BCUT2D eigenvalue weighted by Crippen LogP contribution is 2.48. The Morgan fingerprint density at radius 1 is 0.126 bits per heavy atom. The van der Waals surface area contributed by atoms with E-state index in [4.69, 9.17) is 28.8 Å². The molecule has 0 aromatic heterocycles. The molecule has 0 fully saturated rings. The van der Waals surface area contributed by atoms with E-state index in [1.165, 1.54) is 165 Å². The van der Waals surface area contributed by atoms with Crippen molar-refractivity contribution in [2.24, 2.45) is 0 Å². The van der Waals surface area contributed by atoms with E-state index in [1.54, 1.807) is 0 Å². The van der Waals surface area contributed by atoms with Crippen LogP contribution in [0.5, 0.6) is 0 Å². The predicted octanol–water partition coefficient (Wildman–Crippen LogP) is 28.0. The fraction of sp³-hybridized carbons (Fsp3) is 1.00. The van der Waals surface area contributed by atoms with Crippen molar-refractivity contribution in [1.82, 2.24) is 0 Å². The van der Waals surface area contributed by atoms with Crippen LogP contribution in [0.3, 0.4) is 0 Å². The first-order valence-corrected chi connectivity index (χ1v) is 58.4. The molecule has 0 atom stereocenters. The molecule has 0 saturated heterocycles. The summed E-state index contributed by atoms with van der Waals surface area (Å²) in [6.45, 7) is 43.6. The summed E-state index contributed by atoms with van der Waals surface area (Å²) in [5, 5.41) is 0. The lowest BCUT2D eigenvalue weighted by Gasteiger charge is -2.52. The maximum absolute atomic E-state index is 9.05. The normalized spacial score (nSPS) is 13.4. The van der Waals surface area contributed by atoms with Crippen molar-refractivity contribution in [3.8, 4) is 0 Å². The first-order chi connectivity index (χ1) is 42.0. The largest absolute Gasteiger partial charge is 0.436 e. The maximum Gasteiger partial charge on any atom is 0.320 e. The van der Waals surface area contributed by atoms with E-state index in [9.17, 15) is 0 Å². The standard InChI is InChI=1S/C72H162O7Si8/c1-19-37-55-80(56-38-20-2,57-39-21-3)73-82(61-43-25-7,62-44-26-8)75-84(65-47-29-11,66-48-30-12)77-86(69-51-33-15,70-52-34-16)79-87(71-53-35-17,72-54-36-18)78-85(67-49-31-13,68-50-32-14)76-83(63-45-27-9,64-46-28-10)74-81(58-40-22-4,59-41-23-5)60-42-24-6/h19-72H2,1-18H3. The smallest absolute Gasteiger partial charge is 0.320 e. The molecule has 0 bridgehead atoms. The highest BCUT2D eigenvalue weighted by molar-refractivity contribution is 6.95. The number of hydrogen-bond acceptors (Lipinski definition) is 7. The molecule has 0 N–H and O–H groups in total. The van der Waals surface area contributed by atoms with Crippen LogP contribution < -0.4 is 0 Å². The summed E-state index contributed by atoms with van der Waals surface area (Å²) in [6.07, 6.45) is 43.1. The summed E-state index contributed by atoms with van der Waals surface area (Å²) >= 11 is 0. The second-order valence-electron chi connectivity index (χ2n) is 28.4. The first-order valence-electron chi connectivity index (χ1n) is 39.9. The second kappa shape index (κ2) is 53.6. The Labute approximate surface area is 557 Å². The first kappa shape index (κ1) is 88.5. The van der Waals surface area contributed by atoms with E-state index >= 15 is 0 Å². The van der Waals surface area contributed by atoms with Crippen LogP contribution in [0.1, 0.15) is 356 Å². The van der Waals surface area contributed by atoms with E-state index in [0.717, 1.165) is 175 Å². The molecule has 0 aromatic carbocycles. The van der Waals surface area contributed by atoms with Crippen molar-refractivity contribution in [2.45, 2.75) is 465 Å². The zero-order valence-corrected chi connectivity index (χ0v) is 71.0. The molecule has 0 rings (SSSR count). The van der Waals surface area contributed by atoms with Crippen molar-refractivity contribution in [3.63, 3.8) is 0 Å². The zero-order chi connectivity index (χ0) is 65.1. The van der Waals surface area contributed by atoms with Crippen molar-refractivity contribution in [2.75, 3.05) is 0 Å². The molecule has 7 nitrogen and oxygen atoms in total. The van der Waals surface area contributed by atoms with Gasteiger partial charge < -0.3 is 28.8 Å². The van der Waals surface area contributed by atoms with Gasteiger partial charge in [-0.15, -0.1) is 0 Å². The molecule has 0 aliphatic heterocycles. The summed E-state index contributed by atoms with van der Waals surface area (Å²) < 4.78 is 62.1. The molecule has 0 aliphatic carbocycles. The molecule has 0 aliphatic rings. The minimum Gasteiger partial charge on any atom is -0.436 e. The molecule has 0 amide bonds. The summed E-state index contributed by atoms with van der Waals surface area (Å²) in [7, 11) is -22.5. The van der Waals surface area contributed by atoms with Gasteiger partial charge in [0.25, 0.3) is 0 Å². The minimum absolute atomic E-state index is 1.05. The lowest BCUT2D eigenvalue weighted by molar-refractivity contribution is 0.227. The Hall–Kier alpha value is 1.46. The van der Waals surface area contributed by atoms with Gasteiger partial charge in [-0.2, -0.15) is 0 Å². The maximum atomic E-state index is 9.05. The molecule has 524 valence electrons. The molecule has 87 heavy (non-hydrogen) atoms. The van der Waals surface area contributed by atoms with Gasteiger partial charge in [0.1, 0.15) is 0 Å². The molecule has 0 radical (unpaired) electrons. The van der Waals surface area contributed by atoms with Crippen LogP contribution in [-0.2, 0) is 28.8 Å². The van der Waals surface area contributed by atoms with Gasteiger partial charge in [-0.25, -0.2) is 0 Å². The predicted molar refractivity (Wildman–Crippen MR) is 408 cm³/mol. The summed E-state index contributed by atoms with van der Waals surface area (Å²) in [5.74, 6) is 0. The highest BCUT2D eigenvalue weighted by atomic mass is 28.5. The zero-order valence-electron chi connectivity index (χ0n) is 63.0. The fourth-order valence-electron chi connectivity index (χ4n) is 14.0. The van der Waals surface area contributed by atoms with Crippen molar-refractivity contribution >= 4 is 68.0 Å². The Bertz CT molecular complexity index is 1330. The quantitative estimate of drug-likeness (QED) is 0.0562. The minimum atomic E-state index is -3.13. The van der Waals surface area contributed by atoms with Gasteiger partial charge in [-0.3, -0.25) is 0 Å². The summed E-state index contributed by atoms with van der Waals surface area (Å²) in [5.41, 5.74) is 0. The fourth-order valence-corrected chi connectivity index (χ4v) is 69.1. The Balaban J connectivity index is 9.65. The Morgan fingerprint density at radius 3 is 0.322 bits per heavy atom. The average Bonchev–Trinajstić information content (AvgIpc) is 1.14. The van der Waals surface area contributed by atoms with Crippen LogP contribution in [0.4, 0.5) is 0 Å². The molecule has 0 aromatic rings. The van der Waals surface area contributed by atoms with Gasteiger partial charge in [0, 0.05) is 0 Å². The van der Waals surface area contributed by atoms with Crippen LogP contribution in [0.2, 0.25) is 109 Å². The van der Waals surface area contributed by atoms with Crippen LogP contribution in [0.25, 0.3) is 0 Å². The number of unbranched alkanes of at least 4 members (excludes halogenated alkanes) is 18. The van der Waals surface area contributed by atoms with E-state index in [2.05, 4.69) is 125 Å². The highest BCUT2D eigenvalue weighted by Gasteiger charge is 2.60. The lowest BCUT2D eigenvalue weighted by atomic mass is 10.4. The van der Waals surface area contributed by atoms with Crippen LogP contribution >= 0.6 is 0 Å². The van der Waals surface area contributed by atoms with Crippen LogP contribution in [0, 0.1) is 0 Å². The molecular formula is C72H162O7Si8. The van der Waals surface area contributed by atoms with Crippen LogP contribution in [-0.4, -0.2) is 68.0 Å². The SMILES string of the molecule is CCCC[Si](CCCC)(CCCC)O[Si](CCCC)(CCCC)O[Si](CCCC)(CCCC)O[Si](CCCC)(CCCC)O[Si](CCCC)(CCCC)O[Si](CCCC)(CCCC)O[Si](CCCC)(CCCC)O[Si](CCCC)(CCCC)CCCC. The topological polar surface area (TPSA) is 64.6 Å². The van der Waals surface area contributed by atoms with E-state index in [0.29, 0.717) is 0 Å². The van der Waals surface area contributed by atoms with Gasteiger partial charge in [-0.05, 0) is 109 Å².